The van der Waals surface area contributed by atoms with Crippen LogP contribution in [0, 0.1) is 0 Å². The summed E-state index contributed by atoms with van der Waals surface area (Å²) in [6.07, 6.45) is 1.65. The lowest BCUT2D eigenvalue weighted by Gasteiger charge is -2.15. The van der Waals surface area contributed by atoms with E-state index in [2.05, 4.69) is 4.98 Å². The number of imidazole rings is 1. The normalized spacial score (nSPS) is 14.2. The number of nitrogens with zero attached hydrogens (tertiary/aromatic N) is 2. The van der Waals surface area contributed by atoms with Crippen LogP contribution < -0.4 is 0 Å². The topological polar surface area (TPSA) is 72.2 Å². The number of thioether (sulfide) groups is 1. The molecule has 2 rings (SSSR count). The summed E-state index contributed by atoms with van der Waals surface area (Å²) in [5, 5.41) is 9.95. The van der Waals surface area contributed by atoms with E-state index in [9.17, 15) is 9.00 Å². The second-order valence-corrected chi connectivity index (χ2v) is 7.47. The fourth-order valence-corrected chi connectivity index (χ4v) is 4.00. The number of hydrogen-bond donors (Lipinski definition) is 1. The number of carboxylic acid groups (broad SMARTS) is 1. The first-order chi connectivity index (χ1) is 9.90. The molecule has 0 saturated heterocycles. The van der Waals surface area contributed by atoms with Gasteiger partial charge < -0.3 is 9.67 Å². The summed E-state index contributed by atoms with van der Waals surface area (Å²) in [5.74, 6) is -0.516. The lowest BCUT2D eigenvalue weighted by atomic mass is 10.3. The van der Waals surface area contributed by atoms with Crippen LogP contribution in [0.25, 0.3) is 11.0 Å². The van der Waals surface area contributed by atoms with Crippen molar-refractivity contribution in [3.8, 4) is 0 Å². The summed E-state index contributed by atoms with van der Waals surface area (Å²) in [6, 6.07) is 5.39. The minimum Gasteiger partial charge on any atom is -0.481 e. The zero-order valence-corrected chi connectivity index (χ0v) is 14.0. The summed E-state index contributed by atoms with van der Waals surface area (Å²) in [4.78, 5) is 15.2. The third kappa shape index (κ3) is 3.78. The third-order valence-corrected chi connectivity index (χ3v) is 5.07. The van der Waals surface area contributed by atoms with Crippen molar-refractivity contribution in [2.75, 3.05) is 17.8 Å². The Morgan fingerprint density at radius 3 is 2.90 bits per heavy atom. The molecule has 114 valence electrons. The van der Waals surface area contributed by atoms with Crippen molar-refractivity contribution < 1.29 is 14.1 Å². The summed E-state index contributed by atoms with van der Waals surface area (Å²) >= 11 is 7.29. The van der Waals surface area contributed by atoms with Crippen molar-refractivity contribution in [2.24, 2.45) is 0 Å². The average Bonchev–Trinajstić information content (AvgIpc) is 2.75. The van der Waals surface area contributed by atoms with Crippen LogP contribution in [-0.2, 0) is 15.6 Å². The monoisotopic (exact) mass is 346 g/mol. The standard InChI is InChI=1S/C13H15ClN2O3S2/c1-8(7-21(2)19)16-10-5-3-4-9(14)12(10)15-13(16)20-6-11(17)18/h3-5,8H,6-7H2,1-2H3,(H,17,18). The van der Waals surface area contributed by atoms with Crippen molar-refractivity contribution in [3.05, 3.63) is 23.2 Å². The van der Waals surface area contributed by atoms with E-state index < -0.39 is 16.8 Å². The van der Waals surface area contributed by atoms with Gasteiger partial charge in [-0.1, -0.05) is 29.4 Å². The van der Waals surface area contributed by atoms with Gasteiger partial charge in [-0.05, 0) is 19.1 Å². The molecule has 21 heavy (non-hydrogen) atoms. The zero-order valence-electron chi connectivity index (χ0n) is 11.6. The number of aliphatic carboxylic acids is 1. The molecule has 0 spiro atoms. The molecule has 5 nitrogen and oxygen atoms in total. The molecule has 0 bridgehead atoms. The molecule has 0 radical (unpaired) electrons. The highest BCUT2D eigenvalue weighted by Crippen LogP contribution is 2.31. The number of halogens is 1. The predicted octanol–water partition coefficient (Wildman–Crippen LogP) is 2.81. The number of hydrogen-bond acceptors (Lipinski definition) is 4. The SMILES string of the molecule is CC(CS(C)=O)n1c(SCC(=O)O)nc2c(Cl)cccc21. The van der Waals surface area contributed by atoms with Crippen LogP contribution in [-0.4, -0.2) is 42.6 Å². The van der Waals surface area contributed by atoms with Crippen LogP contribution in [0.1, 0.15) is 13.0 Å². The second kappa shape index (κ2) is 6.81. The average molecular weight is 347 g/mol. The molecular formula is C13H15ClN2O3S2. The molecule has 0 aliphatic heterocycles. The molecule has 0 aliphatic carbocycles. The van der Waals surface area contributed by atoms with Crippen molar-refractivity contribution in [2.45, 2.75) is 18.1 Å². The van der Waals surface area contributed by atoms with Crippen LogP contribution in [0.4, 0.5) is 0 Å². The fraction of sp³-hybridized carbons (Fsp3) is 0.385. The Hall–Kier alpha value is -1.05. The minimum atomic E-state index is -0.957. The van der Waals surface area contributed by atoms with Gasteiger partial charge in [-0.25, -0.2) is 4.98 Å². The second-order valence-electron chi connectivity index (χ2n) is 4.64. The van der Waals surface area contributed by atoms with E-state index in [4.69, 9.17) is 16.7 Å². The van der Waals surface area contributed by atoms with Gasteiger partial charge in [0.15, 0.2) is 5.16 Å². The van der Waals surface area contributed by atoms with Gasteiger partial charge in [0.1, 0.15) is 5.52 Å². The van der Waals surface area contributed by atoms with Crippen LogP contribution in [0.5, 0.6) is 0 Å². The Kier molecular flexibility index (Phi) is 5.29. The minimum absolute atomic E-state index is 0.0596. The van der Waals surface area contributed by atoms with Gasteiger partial charge >= 0.3 is 5.97 Å². The highest BCUT2D eigenvalue weighted by molar-refractivity contribution is 7.99. The fourth-order valence-electron chi connectivity index (χ4n) is 2.13. The lowest BCUT2D eigenvalue weighted by Crippen LogP contribution is -2.14. The first kappa shape index (κ1) is 16.3. The Bertz CT molecular complexity index is 702. The van der Waals surface area contributed by atoms with Crippen molar-refractivity contribution in [1.29, 1.82) is 0 Å². The van der Waals surface area contributed by atoms with E-state index in [1.807, 2.05) is 23.6 Å². The van der Waals surface area contributed by atoms with E-state index >= 15 is 0 Å². The number of fused-ring (bicyclic) bond motifs is 1. The first-order valence-corrected chi connectivity index (χ1v) is 9.30. The van der Waals surface area contributed by atoms with Gasteiger partial charge in [-0.3, -0.25) is 9.00 Å². The van der Waals surface area contributed by atoms with Crippen molar-refractivity contribution in [3.63, 3.8) is 0 Å². The Morgan fingerprint density at radius 2 is 2.29 bits per heavy atom. The molecule has 1 aromatic carbocycles. The largest absolute Gasteiger partial charge is 0.481 e. The predicted molar refractivity (Wildman–Crippen MR) is 86.7 cm³/mol. The Morgan fingerprint density at radius 1 is 1.57 bits per heavy atom. The highest BCUT2D eigenvalue weighted by atomic mass is 35.5. The van der Waals surface area contributed by atoms with E-state index in [0.717, 1.165) is 17.3 Å². The molecule has 8 heteroatoms. The van der Waals surface area contributed by atoms with Gasteiger partial charge in [0.25, 0.3) is 0 Å². The highest BCUT2D eigenvalue weighted by Gasteiger charge is 2.19. The number of aromatic nitrogens is 2. The Balaban J connectivity index is 2.51. The molecule has 0 aliphatic rings. The van der Waals surface area contributed by atoms with Crippen molar-refractivity contribution >= 4 is 51.2 Å². The van der Waals surface area contributed by atoms with Crippen LogP contribution in [0.2, 0.25) is 5.02 Å². The van der Waals surface area contributed by atoms with Crippen LogP contribution >= 0.6 is 23.4 Å². The van der Waals surface area contributed by atoms with E-state index in [0.29, 0.717) is 21.4 Å². The first-order valence-electron chi connectivity index (χ1n) is 6.21. The molecule has 2 aromatic rings. The van der Waals surface area contributed by atoms with Gasteiger partial charge in [-0.15, -0.1) is 0 Å². The number of para-hydroxylation sites is 1. The molecule has 0 fully saturated rings. The number of carbonyl (C=O) groups is 1. The lowest BCUT2D eigenvalue weighted by molar-refractivity contribution is -0.133. The maximum absolute atomic E-state index is 11.5. The molecule has 2 unspecified atom stereocenters. The van der Waals surface area contributed by atoms with Crippen LogP contribution in [0.3, 0.4) is 0 Å². The zero-order chi connectivity index (χ0) is 15.6. The van der Waals surface area contributed by atoms with Gasteiger partial charge in [0.2, 0.25) is 0 Å². The van der Waals surface area contributed by atoms with Gasteiger partial charge in [0.05, 0.1) is 16.3 Å². The Labute approximate surface area is 134 Å². The quantitative estimate of drug-likeness (QED) is 0.814. The van der Waals surface area contributed by atoms with Crippen molar-refractivity contribution in [1.82, 2.24) is 9.55 Å². The summed E-state index contributed by atoms with van der Waals surface area (Å²) in [6.45, 7) is 1.94. The molecular weight excluding hydrogens is 332 g/mol. The van der Waals surface area contributed by atoms with E-state index in [-0.39, 0.29) is 11.8 Å². The van der Waals surface area contributed by atoms with E-state index in [1.54, 1.807) is 12.3 Å². The summed E-state index contributed by atoms with van der Waals surface area (Å²) in [5.41, 5.74) is 1.47. The van der Waals surface area contributed by atoms with Gasteiger partial charge in [-0.2, -0.15) is 0 Å². The molecule has 2 atom stereocenters. The number of carboxylic acids is 1. The van der Waals surface area contributed by atoms with Gasteiger partial charge in [0, 0.05) is 28.9 Å². The number of rotatable bonds is 6. The van der Waals surface area contributed by atoms with E-state index in [1.165, 1.54) is 0 Å². The smallest absolute Gasteiger partial charge is 0.313 e. The summed E-state index contributed by atoms with van der Waals surface area (Å²) < 4.78 is 13.4. The maximum atomic E-state index is 11.5. The third-order valence-electron chi connectivity index (χ3n) is 2.88. The summed E-state index contributed by atoms with van der Waals surface area (Å²) in [7, 11) is -0.957. The molecule has 1 aromatic heterocycles. The van der Waals surface area contributed by atoms with Crippen LogP contribution in [0.15, 0.2) is 23.4 Å². The molecule has 0 saturated carbocycles. The molecule has 1 N–H and O–H groups in total. The molecule has 1 heterocycles. The number of benzene rings is 1. The maximum Gasteiger partial charge on any atom is 0.313 e. The molecule has 0 amide bonds.